The molecule has 2 aliphatic rings. The highest BCUT2D eigenvalue weighted by Crippen LogP contribution is 2.37. The predicted molar refractivity (Wildman–Crippen MR) is 112 cm³/mol. The maximum Gasteiger partial charge on any atom is 0.236 e. The van der Waals surface area contributed by atoms with Gasteiger partial charge >= 0.3 is 0 Å². The number of anilines is 1. The second-order valence-corrected chi connectivity index (χ2v) is 10.7. The lowest BCUT2D eigenvalue weighted by Crippen LogP contribution is -2.44. The summed E-state index contributed by atoms with van der Waals surface area (Å²) in [5.41, 5.74) is 1.24. The summed E-state index contributed by atoms with van der Waals surface area (Å²) in [5, 5.41) is 3.56. The van der Waals surface area contributed by atoms with Crippen LogP contribution in [0, 0.1) is 0 Å². The molecule has 2 aromatic rings. The highest BCUT2D eigenvalue weighted by atomic mass is 32.2. The van der Waals surface area contributed by atoms with Gasteiger partial charge in [0.25, 0.3) is 0 Å². The molecule has 7 nitrogen and oxygen atoms in total. The molecule has 1 aromatic heterocycles. The number of aromatic nitrogens is 1. The Kier molecular flexibility index (Phi) is 5.74. The summed E-state index contributed by atoms with van der Waals surface area (Å²) in [6, 6.07) is 9.82. The quantitative estimate of drug-likeness (QED) is 0.780. The number of rotatable bonds is 5. The van der Waals surface area contributed by atoms with E-state index in [9.17, 15) is 13.2 Å². The van der Waals surface area contributed by atoms with Crippen molar-refractivity contribution in [2.24, 2.45) is 0 Å². The molecule has 1 fully saturated rings. The van der Waals surface area contributed by atoms with E-state index in [-0.39, 0.29) is 11.7 Å². The van der Waals surface area contributed by atoms with Crippen molar-refractivity contribution >= 4 is 32.4 Å². The van der Waals surface area contributed by atoms with Gasteiger partial charge in [0, 0.05) is 37.6 Å². The van der Waals surface area contributed by atoms with Gasteiger partial charge in [-0.15, -0.1) is 11.3 Å². The largest absolute Gasteiger partial charge is 0.381 e. The Labute approximate surface area is 175 Å². The molecule has 1 N–H and O–H groups in total. The summed E-state index contributed by atoms with van der Waals surface area (Å²) < 4.78 is 31.4. The standard InChI is InChI=1S/C20H25N3O4S2/c1-2-29(25,26)23-11-8-16-17(14-23)28-19(21-16)22-18(24)20(9-12-27-13-10-20)15-6-4-3-5-7-15/h3-7H,2,8-14H2,1H3,(H,21,22,24). The van der Waals surface area contributed by atoms with Crippen molar-refractivity contribution in [1.82, 2.24) is 9.29 Å². The van der Waals surface area contributed by atoms with Crippen molar-refractivity contribution in [3.05, 3.63) is 46.5 Å². The maximum atomic E-state index is 13.4. The SMILES string of the molecule is CCS(=O)(=O)N1CCc2nc(NC(=O)C3(c4ccccc4)CCOCC3)sc2C1. The monoisotopic (exact) mass is 435 g/mol. The third-order valence-electron chi connectivity index (χ3n) is 5.78. The molecule has 156 valence electrons. The maximum absolute atomic E-state index is 13.4. The lowest BCUT2D eigenvalue weighted by molar-refractivity contribution is -0.125. The zero-order valence-corrected chi connectivity index (χ0v) is 18.0. The van der Waals surface area contributed by atoms with E-state index in [2.05, 4.69) is 10.3 Å². The predicted octanol–water partition coefficient (Wildman–Crippen LogP) is 2.54. The van der Waals surface area contributed by atoms with Crippen LogP contribution in [0.4, 0.5) is 5.13 Å². The van der Waals surface area contributed by atoms with E-state index in [1.54, 1.807) is 6.92 Å². The van der Waals surface area contributed by atoms with E-state index in [4.69, 9.17) is 4.74 Å². The highest BCUT2D eigenvalue weighted by Gasteiger charge is 2.42. The molecule has 0 spiro atoms. The Bertz CT molecular complexity index is 982. The van der Waals surface area contributed by atoms with Gasteiger partial charge in [0.05, 0.1) is 16.9 Å². The second kappa shape index (κ2) is 8.14. The second-order valence-electron chi connectivity index (χ2n) is 7.39. The summed E-state index contributed by atoms with van der Waals surface area (Å²) >= 11 is 1.37. The van der Waals surface area contributed by atoms with Gasteiger partial charge in [0.15, 0.2) is 5.13 Å². The Morgan fingerprint density at radius 1 is 1.28 bits per heavy atom. The lowest BCUT2D eigenvalue weighted by Gasteiger charge is -2.35. The van der Waals surface area contributed by atoms with Crippen LogP contribution >= 0.6 is 11.3 Å². The zero-order valence-electron chi connectivity index (χ0n) is 16.4. The van der Waals surface area contributed by atoms with E-state index < -0.39 is 15.4 Å². The van der Waals surface area contributed by atoms with Crippen LogP contribution in [0.5, 0.6) is 0 Å². The fraction of sp³-hybridized carbons (Fsp3) is 0.500. The van der Waals surface area contributed by atoms with Crippen molar-refractivity contribution in [1.29, 1.82) is 0 Å². The van der Waals surface area contributed by atoms with Crippen molar-refractivity contribution < 1.29 is 17.9 Å². The van der Waals surface area contributed by atoms with Crippen LogP contribution < -0.4 is 5.32 Å². The first-order chi connectivity index (χ1) is 13.9. The zero-order chi connectivity index (χ0) is 20.5. The van der Waals surface area contributed by atoms with Gasteiger partial charge < -0.3 is 10.1 Å². The summed E-state index contributed by atoms with van der Waals surface area (Å²) in [4.78, 5) is 18.9. The van der Waals surface area contributed by atoms with E-state index in [1.807, 2.05) is 30.3 Å². The Balaban J connectivity index is 1.56. The molecular weight excluding hydrogens is 410 g/mol. The minimum absolute atomic E-state index is 0.0730. The minimum Gasteiger partial charge on any atom is -0.381 e. The number of hydrogen-bond donors (Lipinski definition) is 1. The van der Waals surface area contributed by atoms with Crippen LogP contribution in [-0.4, -0.2) is 49.1 Å². The summed E-state index contributed by atoms with van der Waals surface area (Å²) in [5.74, 6) is 0.0167. The van der Waals surface area contributed by atoms with Crippen LogP contribution in [0.25, 0.3) is 0 Å². The molecule has 3 heterocycles. The third kappa shape index (κ3) is 3.96. The molecule has 0 atom stereocenters. The first-order valence-corrected chi connectivity index (χ1v) is 12.3. The van der Waals surface area contributed by atoms with Gasteiger partial charge in [-0.05, 0) is 25.3 Å². The molecule has 0 unspecified atom stereocenters. The number of carbonyl (C=O) groups is 1. The fourth-order valence-electron chi connectivity index (χ4n) is 3.99. The molecule has 0 bridgehead atoms. The Hall–Kier alpha value is -1.81. The third-order valence-corrected chi connectivity index (χ3v) is 8.61. The van der Waals surface area contributed by atoms with Gasteiger partial charge in [0.1, 0.15) is 0 Å². The van der Waals surface area contributed by atoms with Crippen molar-refractivity contribution in [3.8, 4) is 0 Å². The normalized spacial score (nSPS) is 19.5. The molecule has 0 saturated carbocycles. The van der Waals surface area contributed by atoms with Gasteiger partial charge in [-0.1, -0.05) is 30.3 Å². The van der Waals surface area contributed by atoms with Crippen molar-refractivity contribution in [2.45, 2.75) is 38.1 Å². The number of amides is 1. The van der Waals surface area contributed by atoms with Crippen LogP contribution in [0.3, 0.4) is 0 Å². The van der Waals surface area contributed by atoms with E-state index in [1.165, 1.54) is 15.6 Å². The summed E-state index contributed by atoms with van der Waals surface area (Å²) in [6.07, 6.45) is 1.81. The molecule has 29 heavy (non-hydrogen) atoms. The fourth-order valence-corrected chi connectivity index (χ4v) is 6.15. The Morgan fingerprint density at radius 2 is 2.00 bits per heavy atom. The van der Waals surface area contributed by atoms with E-state index in [0.717, 1.165) is 16.1 Å². The number of nitrogens with one attached hydrogen (secondary N) is 1. The number of hydrogen-bond acceptors (Lipinski definition) is 6. The average Bonchev–Trinajstić information content (AvgIpc) is 3.16. The highest BCUT2D eigenvalue weighted by molar-refractivity contribution is 7.89. The smallest absolute Gasteiger partial charge is 0.236 e. The average molecular weight is 436 g/mol. The molecule has 9 heteroatoms. The number of fused-ring (bicyclic) bond motifs is 1. The van der Waals surface area contributed by atoms with Gasteiger partial charge in [-0.25, -0.2) is 13.4 Å². The number of nitrogens with zero attached hydrogens (tertiary/aromatic N) is 2. The molecule has 1 aromatic carbocycles. The number of benzene rings is 1. The van der Waals surface area contributed by atoms with Gasteiger partial charge in [-0.3, -0.25) is 4.79 Å². The molecule has 1 amide bonds. The van der Waals surface area contributed by atoms with Crippen LogP contribution in [0.15, 0.2) is 30.3 Å². The summed E-state index contributed by atoms with van der Waals surface area (Å²) in [7, 11) is -3.23. The first kappa shape index (κ1) is 20.5. The van der Waals surface area contributed by atoms with Gasteiger partial charge in [-0.2, -0.15) is 4.31 Å². The molecule has 4 rings (SSSR count). The molecular formula is C20H25N3O4S2. The van der Waals surface area contributed by atoms with E-state index in [0.29, 0.717) is 50.7 Å². The van der Waals surface area contributed by atoms with Crippen LogP contribution in [0.1, 0.15) is 35.9 Å². The van der Waals surface area contributed by atoms with E-state index >= 15 is 0 Å². The number of sulfonamides is 1. The topological polar surface area (TPSA) is 88.6 Å². The summed E-state index contributed by atoms with van der Waals surface area (Å²) in [6.45, 7) is 3.50. The molecule has 1 saturated heterocycles. The number of thiazole rings is 1. The number of ether oxygens (including phenoxy) is 1. The molecule has 0 aliphatic carbocycles. The van der Waals surface area contributed by atoms with Gasteiger partial charge in [0.2, 0.25) is 15.9 Å². The first-order valence-electron chi connectivity index (χ1n) is 9.86. The minimum atomic E-state index is -3.23. The number of carbonyl (C=O) groups excluding carboxylic acids is 1. The molecule has 0 radical (unpaired) electrons. The lowest BCUT2D eigenvalue weighted by atomic mass is 9.73. The van der Waals surface area contributed by atoms with Crippen molar-refractivity contribution in [3.63, 3.8) is 0 Å². The Morgan fingerprint density at radius 3 is 2.69 bits per heavy atom. The van der Waals surface area contributed by atoms with Crippen molar-refractivity contribution in [2.75, 3.05) is 30.8 Å². The van der Waals surface area contributed by atoms with Crippen LogP contribution in [0.2, 0.25) is 0 Å². The molecule has 2 aliphatic heterocycles. The van der Waals surface area contributed by atoms with Crippen LogP contribution in [-0.2, 0) is 37.9 Å².